The maximum absolute atomic E-state index is 11.5. The number of terminal acetylenes is 1. The van der Waals surface area contributed by atoms with Crippen LogP contribution in [0.15, 0.2) is 28.7 Å². The van der Waals surface area contributed by atoms with Gasteiger partial charge in [0, 0.05) is 4.47 Å². The molecule has 17 heavy (non-hydrogen) atoms. The van der Waals surface area contributed by atoms with Crippen LogP contribution in [0.25, 0.3) is 0 Å². The fraction of sp³-hybridized carbons (Fsp3) is 0.308. The first-order valence-corrected chi connectivity index (χ1v) is 6.12. The average molecular weight is 295 g/mol. The molecule has 0 spiro atoms. The number of carbonyl (C=O) groups excluding carboxylic acids is 1. The van der Waals surface area contributed by atoms with Gasteiger partial charge in [-0.1, -0.05) is 34.0 Å². The van der Waals surface area contributed by atoms with Crippen molar-refractivity contribution in [1.29, 1.82) is 0 Å². The summed E-state index contributed by atoms with van der Waals surface area (Å²) in [5.74, 6) is 2.36. The Kier molecular flexibility index (Phi) is 5.75. The van der Waals surface area contributed by atoms with E-state index in [0.717, 1.165) is 10.0 Å². The molecule has 0 aliphatic heterocycles. The number of hydrogen-bond donors (Lipinski definition) is 2. The van der Waals surface area contributed by atoms with Crippen molar-refractivity contribution in [3.05, 3.63) is 34.3 Å². The van der Waals surface area contributed by atoms with Crippen molar-refractivity contribution >= 4 is 21.8 Å². The lowest BCUT2D eigenvalue weighted by molar-refractivity contribution is -0.120. The minimum absolute atomic E-state index is 0.0109. The largest absolute Gasteiger partial charge is 0.348 e. The quantitative estimate of drug-likeness (QED) is 0.643. The van der Waals surface area contributed by atoms with Crippen LogP contribution in [-0.4, -0.2) is 19.0 Å². The van der Waals surface area contributed by atoms with Crippen LogP contribution >= 0.6 is 15.9 Å². The third-order valence-electron chi connectivity index (χ3n) is 2.26. The number of carbonyl (C=O) groups is 1. The molecule has 0 saturated heterocycles. The van der Waals surface area contributed by atoms with Gasteiger partial charge in [-0.3, -0.25) is 10.1 Å². The predicted molar refractivity (Wildman–Crippen MR) is 72.4 cm³/mol. The zero-order valence-electron chi connectivity index (χ0n) is 9.66. The van der Waals surface area contributed by atoms with E-state index in [2.05, 4.69) is 32.5 Å². The van der Waals surface area contributed by atoms with Crippen molar-refractivity contribution in [2.75, 3.05) is 13.1 Å². The maximum Gasteiger partial charge on any atom is 0.234 e. The summed E-state index contributed by atoms with van der Waals surface area (Å²) in [5, 5.41) is 5.73. The molecule has 4 heteroatoms. The third kappa shape index (κ3) is 5.03. The Morgan fingerprint density at radius 3 is 2.71 bits per heavy atom. The van der Waals surface area contributed by atoms with Crippen molar-refractivity contribution in [3.63, 3.8) is 0 Å². The molecule has 1 rings (SSSR count). The van der Waals surface area contributed by atoms with E-state index in [1.54, 1.807) is 0 Å². The smallest absolute Gasteiger partial charge is 0.234 e. The summed E-state index contributed by atoms with van der Waals surface area (Å²) in [4.78, 5) is 11.5. The Bertz CT molecular complexity index is 408. The second-order valence-electron chi connectivity index (χ2n) is 3.65. The first-order valence-electron chi connectivity index (χ1n) is 5.32. The topological polar surface area (TPSA) is 41.1 Å². The van der Waals surface area contributed by atoms with E-state index in [-0.39, 0.29) is 18.5 Å². The van der Waals surface area contributed by atoms with Gasteiger partial charge in [0.25, 0.3) is 0 Å². The molecule has 1 unspecified atom stereocenters. The van der Waals surface area contributed by atoms with Crippen LogP contribution in [-0.2, 0) is 4.79 Å². The highest BCUT2D eigenvalue weighted by Crippen LogP contribution is 2.16. The Morgan fingerprint density at radius 1 is 1.47 bits per heavy atom. The molecule has 1 aromatic rings. The molecule has 0 fully saturated rings. The molecular formula is C13H15BrN2O. The Labute approximate surface area is 110 Å². The van der Waals surface area contributed by atoms with E-state index in [0.29, 0.717) is 6.54 Å². The van der Waals surface area contributed by atoms with Crippen molar-refractivity contribution in [2.45, 2.75) is 13.0 Å². The zero-order valence-corrected chi connectivity index (χ0v) is 11.3. The molecule has 1 atom stereocenters. The van der Waals surface area contributed by atoms with E-state index >= 15 is 0 Å². The molecule has 0 aliphatic carbocycles. The van der Waals surface area contributed by atoms with Gasteiger partial charge in [0.2, 0.25) is 5.91 Å². The van der Waals surface area contributed by atoms with Crippen LogP contribution in [0.5, 0.6) is 0 Å². The predicted octanol–water partition coefficient (Wildman–Crippen LogP) is 1.85. The highest BCUT2D eigenvalue weighted by molar-refractivity contribution is 9.10. The van der Waals surface area contributed by atoms with Crippen molar-refractivity contribution < 1.29 is 4.79 Å². The van der Waals surface area contributed by atoms with Crippen LogP contribution in [0.3, 0.4) is 0 Å². The van der Waals surface area contributed by atoms with Gasteiger partial charge < -0.3 is 5.32 Å². The number of rotatable bonds is 5. The Hall–Kier alpha value is -1.31. The molecule has 1 aromatic carbocycles. The maximum atomic E-state index is 11.5. The lowest BCUT2D eigenvalue weighted by Gasteiger charge is -2.14. The summed E-state index contributed by atoms with van der Waals surface area (Å²) in [6, 6.07) is 7.85. The van der Waals surface area contributed by atoms with Gasteiger partial charge in [0.05, 0.1) is 19.1 Å². The SMILES string of the molecule is C#CCNCC(=O)NC(C)c1ccc(Br)cc1. The van der Waals surface area contributed by atoms with Gasteiger partial charge in [-0.05, 0) is 24.6 Å². The molecule has 0 saturated carbocycles. The minimum Gasteiger partial charge on any atom is -0.348 e. The van der Waals surface area contributed by atoms with Gasteiger partial charge in [-0.25, -0.2) is 0 Å². The Balaban J connectivity index is 2.43. The first-order chi connectivity index (χ1) is 8.13. The molecule has 0 aromatic heterocycles. The van der Waals surface area contributed by atoms with Crippen molar-refractivity contribution in [3.8, 4) is 12.3 Å². The average Bonchev–Trinajstić information content (AvgIpc) is 2.30. The van der Waals surface area contributed by atoms with E-state index in [1.165, 1.54) is 0 Å². The normalized spacial score (nSPS) is 11.6. The lowest BCUT2D eigenvalue weighted by Crippen LogP contribution is -2.35. The summed E-state index contributed by atoms with van der Waals surface area (Å²) in [6.45, 7) is 2.59. The molecule has 0 bridgehead atoms. The molecular weight excluding hydrogens is 280 g/mol. The summed E-state index contributed by atoms with van der Waals surface area (Å²) >= 11 is 3.37. The highest BCUT2D eigenvalue weighted by Gasteiger charge is 2.08. The number of hydrogen-bond acceptors (Lipinski definition) is 2. The molecule has 90 valence electrons. The molecule has 0 aliphatic rings. The summed E-state index contributed by atoms with van der Waals surface area (Å²) in [6.07, 6.45) is 5.07. The highest BCUT2D eigenvalue weighted by atomic mass is 79.9. The number of benzene rings is 1. The van der Waals surface area contributed by atoms with Crippen LogP contribution in [0.4, 0.5) is 0 Å². The first kappa shape index (κ1) is 13.8. The third-order valence-corrected chi connectivity index (χ3v) is 2.79. The standard InChI is InChI=1S/C13H15BrN2O/c1-3-8-15-9-13(17)16-10(2)11-4-6-12(14)7-5-11/h1,4-7,10,15H,8-9H2,2H3,(H,16,17). The zero-order chi connectivity index (χ0) is 12.7. The van der Waals surface area contributed by atoms with E-state index < -0.39 is 0 Å². The number of amides is 1. The minimum atomic E-state index is -0.0596. The Morgan fingerprint density at radius 2 is 2.12 bits per heavy atom. The van der Waals surface area contributed by atoms with E-state index in [4.69, 9.17) is 6.42 Å². The van der Waals surface area contributed by atoms with Crippen molar-refractivity contribution in [2.24, 2.45) is 0 Å². The molecule has 0 heterocycles. The van der Waals surface area contributed by atoms with Crippen molar-refractivity contribution in [1.82, 2.24) is 10.6 Å². The van der Waals surface area contributed by atoms with Gasteiger partial charge in [-0.15, -0.1) is 6.42 Å². The lowest BCUT2D eigenvalue weighted by atomic mass is 10.1. The number of nitrogens with one attached hydrogen (secondary N) is 2. The van der Waals surface area contributed by atoms with E-state index in [1.807, 2.05) is 31.2 Å². The number of halogens is 1. The fourth-order valence-electron chi connectivity index (χ4n) is 1.38. The van der Waals surface area contributed by atoms with Crippen LogP contribution in [0, 0.1) is 12.3 Å². The van der Waals surface area contributed by atoms with Crippen LogP contribution in [0.2, 0.25) is 0 Å². The van der Waals surface area contributed by atoms with Gasteiger partial charge in [0.15, 0.2) is 0 Å². The molecule has 0 radical (unpaired) electrons. The van der Waals surface area contributed by atoms with Gasteiger partial charge in [-0.2, -0.15) is 0 Å². The van der Waals surface area contributed by atoms with Gasteiger partial charge >= 0.3 is 0 Å². The van der Waals surface area contributed by atoms with Gasteiger partial charge in [0.1, 0.15) is 0 Å². The summed E-state index contributed by atoms with van der Waals surface area (Å²) in [7, 11) is 0. The second kappa shape index (κ2) is 7.10. The molecule has 2 N–H and O–H groups in total. The monoisotopic (exact) mass is 294 g/mol. The van der Waals surface area contributed by atoms with E-state index in [9.17, 15) is 4.79 Å². The fourth-order valence-corrected chi connectivity index (χ4v) is 1.64. The second-order valence-corrected chi connectivity index (χ2v) is 4.56. The van der Waals surface area contributed by atoms with Crippen LogP contribution in [0.1, 0.15) is 18.5 Å². The summed E-state index contributed by atoms with van der Waals surface area (Å²) in [5.41, 5.74) is 1.07. The summed E-state index contributed by atoms with van der Waals surface area (Å²) < 4.78 is 1.02. The van der Waals surface area contributed by atoms with Crippen LogP contribution < -0.4 is 10.6 Å². The molecule has 3 nitrogen and oxygen atoms in total. The molecule has 1 amide bonds.